The van der Waals surface area contributed by atoms with Crippen molar-refractivity contribution in [1.82, 2.24) is 4.72 Å². The average molecular weight is 320 g/mol. The molecule has 1 aromatic carbocycles. The molecular formula is C12H20N2O4S2. The SMILES string of the molecule is CS(=O)CCCNS(=O)(=O)CCOc1ccc(N)cc1. The van der Waals surface area contributed by atoms with Crippen LogP contribution in [0.15, 0.2) is 24.3 Å². The first-order chi connectivity index (χ1) is 9.39. The fraction of sp³-hybridized carbons (Fsp3) is 0.500. The Bertz CT molecular complexity index is 529. The van der Waals surface area contributed by atoms with E-state index in [-0.39, 0.29) is 12.4 Å². The van der Waals surface area contributed by atoms with Gasteiger partial charge in [-0.25, -0.2) is 13.1 Å². The number of benzene rings is 1. The van der Waals surface area contributed by atoms with Gasteiger partial charge in [0.05, 0.1) is 5.75 Å². The minimum Gasteiger partial charge on any atom is -0.492 e. The summed E-state index contributed by atoms with van der Waals surface area (Å²) in [6.07, 6.45) is 2.15. The zero-order valence-corrected chi connectivity index (χ0v) is 13.0. The molecule has 0 heterocycles. The number of nitrogens with two attached hydrogens (primary N) is 1. The van der Waals surface area contributed by atoms with Crippen LogP contribution < -0.4 is 15.2 Å². The van der Waals surface area contributed by atoms with Gasteiger partial charge in [-0.2, -0.15) is 0 Å². The summed E-state index contributed by atoms with van der Waals surface area (Å²) in [5.41, 5.74) is 6.16. The van der Waals surface area contributed by atoms with E-state index in [1.165, 1.54) is 0 Å². The van der Waals surface area contributed by atoms with Crippen LogP contribution in [0.4, 0.5) is 5.69 Å². The van der Waals surface area contributed by atoms with Gasteiger partial charge in [0.1, 0.15) is 12.4 Å². The summed E-state index contributed by atoms with van der Waals surface area (Å²) in [5.74, 6) is 0.951. The maximum atomic E-state index is 11.6. The highest BCUT2D eigenvalue weighted by Crippen LogP contribution is 2.12. The van der Waals surface area contributed by atoms with Crippen LogP contribution in [0.25, 0.3) is 0 Å². The molecule has 0 radical (unpaired) electrons. The van der Waals surface area contributed by atoms with Crippen LogP contribution in [-0.2, 0) is 20.8 Å². The molecule has 1 atom stereocenters. The highest BCUT2D eigenvalue weighted by atomic mass is 32.2. The van der Waals surface area contributed by atoms with E-state index in [0.717, 1.165) is 0 Å². The summed E-state index contributed by atoms with van der Waals surface area (Å²) in [4.78, 5) is 0. The van der Waals surface area contributed by atoms with E-state index in [1.807, 2.05) is 0 Å². The second-order valence-corrected chi connectivity index (χ2v) is 7.74. The first-order valence-electron chi connectivity index (χ1n) is 6.15. The Hall–Kier alpha value is -1.12. The summed E-state index contributed by atoms with van der Waals surface area (Å²) < 4.78 is 41.9. The summed E-state index contributed by atoms with van der Waals surface area (Å²) in [6.45, 7) is 0.364. The minimum absolute atomic E-state index is 0.0684. The Morgan fingerprint density at radius 1 is 1.30 bits per heavy atom. The summed E-state index contributed by atoms with van der Waals surface area (Å²) in [7, 11) is -4.25. The molecule has 0 fully saturated rings. The molecule has 3 N–H and O–H groups in total. The molecule has 6 nitrogen and oxygen atoms in total. The van der Waals surface area contributed by atoms with E-state index in [4.69, 9.17) is 10.5 Å². The van der Waals surface area contributed by atoms with Gasteiger partial charge in [-0.05, 0) is 30.7 Å². The molecule has 0 aliphatic carbocycles. The Morgan fingerprint density at radius 3 is 2.55 bits per heavy atom. The third-order valence-electron chi connectivity index (χ3n) is 2.43. The minimum atomic E-state index is -3.36. The molecule has 0 saturated carbocycles. The smallest absolute Gasteiger partial charge is 0.214 e. The highest BCUT2D eigenvalue weighted by molar-refractivity contribution is 7.89. The lowest BCUT2D eigenvalue weighted by atomic mass is 10.3. The van der Waals surface area contributed by atoms with Crippen molar-refractivity contribution in [3.63, 3.8) is 0 Å². The van der Waals surface area contributed by atoms with Crippen molar-refractivity contribution in [2.75, 3.05) is 36.6 Å². The topological polar surface area (TPSA) is 98.5 Å². The number of hydrogen-bond donors (Lipinski definition) is 2. The molecule has 0 spiro atoms. The molecule has 0 bridgehead atoms. The number of ether oxygens (including phenoxy) is 1. The number of anilines is 1. The highest BCUT2D eigenvalue weighted by Gasteiger charge is 2.09. The lowest BCUT2D eigenvalue weighted by Gasteiger charge is -2.08. The lowest BCUT2D eigenvalue weighted by Crippen LogP contribution is -2.30. The number of sulfonamides is 1. The maximum absolute atomic E-state index is 11.6. The van der Waals surface area contributed by atoms with Crippen LogP contribution in [-0.4, -0.2) is 43.5 Å². The zero-order valence-electron chi connectivity index (χ0n) is 11.4. The number of hydrogen-bond acceptors (Lipinski definition) is 5. The first kappa shape index (κ1) is 16.9. The first-order valence-corrected chi connectivity index (χ1v) is 9.53. The van der Waals surface area contributed by atoms with Gasteiger partial charge in [0.2, 0.25) is 10.0 Å². The van der Waals surface area contributed by atoms with Crippen molar-refractivity contribution in [1.29, 1.82) is 0 Å². The van der Waals surface area contributed by atoms with Crippen LogP contribution in [0.1, 0.15) is 6.42 Å². The largest absolute Gasteiger partial charge is 0.492 e. The third kappa shape index (κ3) is 7.46. The fourth-order valence-electron chi connectivity index (χ4n) is 1.41. The van der Waals surface area contributed by atoms with Crippen molar-refractivity contribution >= 4 is 26.5 Å². The molecule has 20 heavy (non-hydrogen) atoms. The van der Waals surface area contributed by atoms with E-state index < -0.39 is 20.8 Å². The predicted molar refractivity (Wildman–Crippen MR) is 81.7 cm³/mol. The van der Waals surface area contributed by atoms with Crippen LogP contribution >= 0.6 is 0 Å². The molecule has 1 unspecified atom stereocenters. The van der Waals surface area contributed by atoms with Gasteiger partial charge in [0, 0.05) is 35.0 Å². The van der Waals surface area contributed by atoms with Gasteiger partial charge < -0.3 is 10.5 Å². The molecule has 1 aromatic rings. The van der Waals surface area contributed by atoms with Gasteiger partial charge in [-0.3, -0.25) is 4.21 Å². The monoisotopic (exact) mass is 320 g/mol. The van der Waals surface area contributed by atoms with E-state index >= 15 is 0 Å². The molecule has 0 aliphatic rings. The van der Waals surface area contributed by atoms with Crippen LogP contribution in [0.2, 0.25) is 0 Å². The Kier molecular flexibility index (Phi) is 6.97. The zero-order chi connectivity index (χ0) is 15.0. The van der Waals surface area contributed by atoms with Crippen molar-refractivity contribution in [2.24, 2.45) is 0 Å². The van der Waals surface area contributed by atoms with Crippen LogP contribution in [0.5, 0.6) is 5.75 Å². The van der Waals surface area contributed by atoms with Crippen LogP contribution in [0, 0.1) is 0 Å². The van der Waals surface area contributed by atoms with E-state index in [1.54, 1.807) is 30.5 Å². The fourth-order valence-corrected chi connectivity index (χ4v) is 2.86. The van der Waals surface area contributed by atoms with Crippen molar-refractivity contribution in [2.45, 2.75) is 6.42 Å². The molecule has 0 saturated heterocycles. The third-order valence-corrected chi connectivity index (χ3v) is 4.64. The van der Waals surface area contributed by atoms with Crippen molar-refractivity contribution < 1.29 is 17.4 Å². The number of rotatable bonds is 9. The molecular weight excluding hydrogens is 300 g/mol. The van der Waals surface area contributed by atoms with Gasteiger partial charge in [-0.1, -0.05) is 0 Å². The van der Waals surface area contributed by atoms with Gasteiger partial charge in [-0.15, -0.1) is 0 Å². The summed E-state index contributed by atoms with van der Waals surface area (Å²) in [5, 5.41) is 0. The molecule has 0 amide bonds. The van der Waals surface area contributed by atoms with Crippen molar-refractivity contribution in [3.05, 3.63) is 24.3 Å². The van der Waals surface area contributed by atoms with E-state index in [0.29, 0.717) is 30.2 Å². The quantitative estimate of drug-likeness (QED) is 0.505. The molecule has 0 aliphatic heterocycles. The second kappa shape index (κ2) is 8.23. The normalized spacial score (nSPS) is 13.1. The van der Waals surface area contributed by atoms with E-state index in [2.05, 4.69) is 4.72 Å². The second-order valence-electron chi connectivity index (χ2n) is 4.26. The van der Waals surface area contributed by atoms with Gasteiger partial charge in [0.25, 0.3) is 0 Å². The van der Waals surface area contributed by atoms with Crippen molar-refractivity contribution in [3.8, 4) is 5.75 Å². The lowest BCUT2D eigenvalue weighted by molar-refractivity contribution is 0.340. The molecule has 0 aromatic heterocycles. The molecule has 114 valence electrons. The Labute approximate surface area is 122 Å². The Balaban J connectivity index is 2.25. The standard InChI is InChI=1S/C12H20N2O4S2/c1-19(15)9-2-7-14-20(16,17)10-8-18-12-5-3-11(13)4-6-12/h3-6,14H,2,7-10,13H2,1H3. The summed E-state index contributed by atoms with van der Waals surface area (Å²) >= 11 is 0. The molecule has 1 rings (SSSR count). The predicted octanol–water partition coefficient (Wildman–Crippen LogP) is 0.336. The number of nitrogens with one attached hydrogen (secondary N) is 1. The Morgan fingerprint density at radius 2 is 1.95 bits per heavy atom. The maximum Gasteiger partial charge on any atom is 0.214 e. The average Bonchev–Trinajstić information content (AvgIpc) is 2.37. The molecule has 8 heteroatoms. The van der Waals surface area contributed by atoms with Crippen LogP contribution in [0.3, 0.4) is 0 Å². The van der Waals surface area contributed by atoms with Gasteiger partial charge >= 0.3 is 0 Å². The summed E-state index contributed by atoms with van der Waals surface area (Å²) in [6, 6.07) is 6.75. The van der Waals surface area contributed by atoms with Gasteiger partial charge in [0.15, 0.2) is 0 Å². The van der Waals surface area contributed by atoms with E-state index in [9.17, 15) is 12.6 Å². The number of nitrogen functional groups attached to an aromatic ring is 1.